The van der Waals surface area contributed by atoms with Crippen molar-refractivity contribution in [2.45, 2.75) is 0 Å². The summed E-state index contributed by atoms with van der Waals surface area (Å²) in [6, 6.07) is 21.3. The van der Waals surface area contributed by atoms with Gasteiger partial charge < -0.3 is 20.5 Å². The topological polar surface area (TPSA) is 105 Å². The second-order valence-corrected chi connectivity index (χ2v) is 6.49. The molecular weight excluding hydrogens is 396 g/mol. The van der Waals surface area contributed by atoms with Gasteiger partial charge in [-0.2, -0.15) is 0 Å². The van der Waals surface area contributed by atoms with Gasteiger partial charge in [0, 0.05) is 11.3 Å². The van der Waals surface area contributed by atoms with Crippen LogP contribution in [0.25, 0.3) is 6.08 Å². The molecule has 31 heavy (non-hydrogen) atoms. The lowest BCUT2D eigenvalue weighted by molar-refractivity contribution is -0.113. The first-order chi connectivity index (χ1) is 15.0. The van der Waals surface area contributed by atoms with E-state index in [1.165, 1.54) is 31.4 Å². The van der Waals surface area contributed by atoms with Gasteiger partial charge in [0.15, 0.2) is 0 Å². The second-order valence-electron chi connectivity index (χ2n) is 6.49. The predicted octanol–water partition coefficient (Wildman–Crippen LogP) is 3.80. The zero-order valence-corrected chi connectivity index (χ0v) is 16.7. The minimum absolute atomic E-state index is 0.00717. The maximum absolute atomic E-state index is 12.9. The van der Waals surface area contributed by atoms with Crippen LogP contribution < -0.4 is 15.4 Å². The van der Waals surface area contributed by atoms with E-state index in [9.17, 15) is 14.4 Å². The van der Waals surface area contributed by atoms with Crippen molar-refractivity contribution in [3.05, 3.63) is 101 Å². The van der Waals surface area contributed by atoms with E-state index in [2.05, 4.69) is 10.6 Å². The molecule has 0 bridgehead atoms. The van der Waals surface area contributed by atoms with Gasteiger partial charge >= 0.3 is 5.97 Å². The Morgan fingerprint density at radius 1 is 0.871 bits per heavy atom. The molecule has 0 aliphatic carbocycles. The number of nitrogens with one attached hydrogen (secondary N) is 2. The van der Waals surface area contributed by atoms with Gasteiger partial charge in [-0.25, -0.2) is 4.79 Å². The molecule has 0 heterocycles. The molecule has 0 aliphatic heterocycles. The van der Waals surface area contributed by atoms with Crippen molar-refractivity contribution >= 4 is 29.5 Å². The fourth-order valence-electron chi connectivity index (χ4n) is 2.74. The van der Waals surface area contributed by atoms with Gasteiger partial charge in [-0.15, -0.1) is 0 Å². The Morgan fingerprint density at radius 3 is 2.23 bits per heavy atom. The summed E-state index contributed by atoms with van der Waals surface area (Å²) in [5, 5.41) is 14.4. The fourth-order valence-corrected chi connectivity index (χ4v) is 2.74. The summed E-state index contributed by atoms with van der Waals surface area (Å²) in [4.78, 5) is 36.8. The standard InChI is InChI=1S/C24H20N2O5/c1-31-20-12-10-17(11-13-20)22(27)26-21(14-16-6-3-2-4-7-16)23(28)25-19-9-5-8-18(15-19)24(29)30/h2-15H,1H3,(H,25,28)(H,26,27)(H,29,30). The predicted molar refractivity (Wildman–Crippen MR) is 117 cm³/mol. The molecule has 0 atom stereocenters. The first-order valence-electron chi connectivity index (χ1n) is 9.33. The number of anilines is 1. The maximum atomic E-state index is 12.9. The largest absolute Gasteiger partial charge is 0.497 e. The number of carboxylic acid groups (broad SMARTS) is 1. The molecule has 0 unspecified atom stereocenters. The van der Waals surface area contributed by atoms with Gasteiger partial charge in [-0.3, -0.25) is 9.59 Å². The number of aromatic carboxylic acids is 1. The molecule has 3 aromatic rings. The van der Waals surface area contributed by atoms with Gasteiger partial charge in [-0.05, 0) is 54.1 Å². The van der Waals surface area contributed by atoms with Crippen LogP contribution in [-0.4, -0.2) is 30.0 Å². The Balaban J connectivity index is 1.86. The number of carbonyl (C=O) groups is 3. The molecule has 156 valence electrons. The van der Waals surface area contributed by atoms with Crippen LogP contribution in [0.1, 0.15) is 26.3 Å². The number of ether oxygens (including phenoxy) is 1. The molecule has 7 nitrogen and oxygen atoms in total. The Bertz CT molecular complexity index is 1120. The molecule has 0 saturated carbocycles. The quantitative estimate of drug-likeness (QED) is 0.508. The number of carbonyl (C=O) groups excluding carboxylic acids is 2. The lowest BCUT2D eigenvalue weighted by Crippen LogP contribution is -2.30. The van der Waals surface area contributed by atoms with Crippen molar-refractivity contribution in [2.75, 3.05) is 12.4 Å². The van der Waals surface area contributed by atoms with E-state index in [0.717, 1.165) is 0 Å². The zero-order valence-electron chi connectivity index (χ0n) is 16.7. The number of hydrogen-bond acceptors (Lipinski definition) is 4. The Labute approximate surface area is 179 Å². The Kier molecular flexibility index (Phi) is 6.80. The van der Waals surface area contributed by atoms with Crippen LogP contribution in [0.3, 0.4) is 0 Å². The number of amides is 2. The van der Waals surface area contributed by atoms with Gasteiger partial charge in [-0.1, -0.05) is 36.4 Å². The van der Waals surface area contributed by atoms with Crippen LogP contribution >= 0.6 is 0 Å². The second kappa shape index (κ2) is 9.89. The highest BCUT2D eigenvalue weighted by Crippen LogP contribution is 2.15. The average molecular weight is 416 g/mol. The molecule has 0 saturated heterocycles. The molecule has 0 aromatic heterocycles. The first kappa shape index (κ1) is 21.3. The summed E-state index contributed by atoms with van der Waals surface area (Å²) >= 11 is 0. The van der Waals surface area contributed by atoms with E-state index in [1.807, 2.05) is 18.2 Å². The third kappa shape index (κ3) is 5.80. The lowest BCUT2D eigenvalue weighted by Gasteiger charge is -2.12. The van der Waals surface area contributed by atoms with Crippen LogP contribution in [0.2, 0.25) is 0 Å². The Hall–Kier alpha value is -4.39. The molecule has 7 heteroatoms. The molecule has 0 aliphatic rings. The minimum atomic E-state index is -1.11. The smallest absolute Gasteiger partial charge is 0.335 e. The van der Waals surface area contributed by atoms with Crippen LogP contribution in [0, 0.1) is 0 Å². The van der Waals surface area contributed by atoms with Crippen LogP contribution in [0.15, 0.2) is 84.6 Å². The minimum Gasteiger partial charge on any atom is -0.497 e. The van der Waals surface area contributed by atoms with E-state index in [0.29, 0.717) is 22.6 Å². The fraction of sp³-hybridized carbons (Fsp3) is 0.0417. The number of hydrogen-bond donors (Lipinski definition) is 3. The summed E-state index contributed by atoms with van der Waals surface area (Å²) in [6.07, 6.45) is 1.54. The van der Waals surface area contributed by atoms with Gasteiger partial charge in [0.25, 0.3) is 11.8 Å². The van der Waals surface area contributed by atoms with Crippen molar-refractivity contribution < 1.29 is 24.2 Å². The highest BCUT2D eigenvalue weighted by Gasteiger charge is 2.16. The highest BCUT2D eigenvalue weighted by molar-refractivity contribution is 6.11. The van der Waals surface area contributed by atoms with Crippen molar-refractivity contribution in [1.82, 2.24) is 5.32 Å². The van der Waals surface area contributed by atoms with Gasteiger partial charge in [0.1, 0.15) is 11.4 Å². The first-order valence-corrected chi connectivity index (χ1v) is 9.33. The monoisotopic (exact) mass is 416 g/mol. The lowest BCUT2D eigenvalue weighted by atomic mass is 10.1. The van der Waals surface area contributed by atoms with Crippen molar-refractivity contribution in [3.63, 3.8) is 0 Å². The van der Waals surface area contributed by atoms with E-state index in [1.54, 1.807) is 42.5 Å². The number of methoxy groups -OCH3 is 1. The van der Waals surface area contributed by atoms with E-state index in [-0.39, 0.29) is 11.3 Å². The average Bonchev–Trinajstić information content (AvgIpc) is 2.79. The van der Waals surface area contributed by atoms with Gasteiger partial charge in [0.2, 0.25) is 0 Å². The summed E-state index contributed by atoms with van der Waals surface area (Å²) in [5.74, 6) is -1.57. The van der Waals surface area contributed by atoms with Crippen molar-refractivity contribution in [2.24, 2.45) is 0 Å². The molecule has 0 fully saturated rings. The van der Waals surface area contributed by atoms with Crippen LogP contribution in [-0.2, 0) is 4.79 Å². The van der Waals surface area contributed by atoms with Gasteiger partial charge in [0.05, 0.1) is 12.7 Å². The summed E-state index contributed by atoms with van der Waals surface area (Å²) in [5.41, 5.74) is 1.39. The number of rotatable bonds is 7. The van der Waals surface area contributed by atoms with E-state index in [4.69, 9.17) is 9.84 Å². The third-order valence-corrected chi connectivity index (χ3v) is 4.32. The number of benzene rings is 3. The van der Waals surface area contributed by atoms with E-state index < -0.39 is 17.8 Å². The highest BCUT2D eigenvalue weighted by atomic mass is 16.5. The summed E-state index contributed by atoms with van der Waals surface area (Å²) < 4.78 is 5.09. The van der Waals surface area contributed by atoms with Crippen molar-refractivity contribution in [1.29, 1.82) is 0 Å². The summed E-state index contributed by atoms with van der Waals surface area (Å²) in [7, 11) is 1.53. The van der Waals surface area contributed by atoms with Crippen molar-refractivity contribution in [3.8, 4) is 5.75 Å². The van der Waals surface area contributed by atoms with Crippen LogP contribution in [0.5, 0.6) is 5.75 Å². The molecule has 3 rings (SSSR count). The van der Waals surface area contributed by atoms with Crippen LogP contribution in [0.4, 0.5) is 5.69 Å². The molecule has 0 spiro atoms. The molecule has 3 N–H and O–H groups in total. The molecule has 3 aromatic carbocycles. The SMILES string of the molecule is COc1ccc(C(=O)NC(=Cc2ccccc2)C(=O)Nc2cccc(C(=O)O)c2)cc1. The molecule has 0 radical (unpaired) electrons. The molecule has 2 amide bonds. The third-order valence-electron chi connectivity index (χ3n) is 4.32. The Morgan fingerprint density at radius 2 is 1.58 bits per heavy atom. The zero-order chi connectivity index (χ0) is 22.2. The summed E-state index contributed by atoms with van der Waals surface area (Å²) in [6.45, 7) is 0. The molecular formula is C24H20N2O5. The number of carboxylic acids is 1. The maximum Gasteiger partial charge on any atom is 0.335 e. The van der Waals surface area contributed by atoms with E-state index >= 15 is 0 Å². The normalized spacial score (nSPS) is 10.8.